The predicted molar refractivity (Wildman–Crippen MR) is 103 cm³/mol. The fraction of sp³-hybridized carbons (Fsp3) is 0.190. The molecule has 2 N–H and O–H groups in total. The van der Waals surface area contributed by atoms with Gasteiger partial charge in [0.05, 0.1) is 17.2 Å². The quantitative estimate of drug-likeness (QED) is 0.607. The first-order chi connectivity index (χ1) is 12.8. The van der Waals surface area contributed by atoms with Crippen LogP contribution in [0.25, 0.3) is 0 Å². The number of rotatable bonds is 6. The van der Waals surface area contributed by atoms with Gasteiger partial charge in [0.15, 0.2) is 0 Å². The van der Waals surface area contributed by atoms with Gasteiger partial charge < -0.3 is 15.3 Å². The maximum Gasteiger partial charge on any atom is 0.258 e. The summed E-state index contributed by atoms with van der Waals surface area (Å²) in [6.45, 7) is 7.46. The third-order valence-electron chi connectivity index (χ3n) is 4.00. The van der Waals surface area contributed by atoms with E-state index in [0.29, 0.717) is 17.8 Å². The van der Waals surface area contributed by atoms with Gasteiger partial charge in [-0.15, -0.1) is 0 Å². The number of nitriles is 1. The van der Waals surface area contributed by atoms with E-state index in [4.69, 9.17) is 5.26 Å². The Morgan fingerprint density at radius 1 is 1.26 bits per heavy atom. The highest BCUT2D eigenvalue weighted by Gasteiger charge is 2.22. The molecule has 0 bridgehead atoms. The second-order valence-corrected chi connectivity index (χ2v) is 6.26. The molecule has 6 nitrogen and oxygen atoms in total. The van der Waals surface area contributed by atoms with Crippen molar-refractivity contribution in [1.82, 2.24) is 4.90 Å². The number of nitrogens with zero attached hydrogens (tertiary/aromatic N) is 2. The molecule has 138 valence electrons. The zero-order valence-electron chi connectivity index (χ0n) is 15.3. The van der Waals surface area contributed by atoms with Gasteiger partial charge in [0.25, 0.3) is 5.91 Å². The van der Waals surface area contributed by atoms with Crippen molar-refractivity contribution in [2.24, 2.45) is 0 Å². The minimum absolute atomic E-state index is 0.0965. The Morgan fingerprint density at radius 3 is 2.48 bits per heavy atom. The van der Waals surface area contributed by atoms with Crippen LogP contribution in [-0.4, -0.2) is 27.9 Å². The Bertz CT molecular complexity index is 896. The summed E-state index contributed by atoms with van der Waals surface area (Å²) in [5.74, 6) is -0.930. The van der Waals surface area contributed by atoms with E-state index in [-0.39, 0.29) is 23.3 Å². The van der Waals surface area contributed by atoms with Crippen molar-refractivity contribution in [1.29, 1.82) is 5.26 Å². The number of hydrogen-bond acceptors (Lipinski definition) is 4. The Morgan fingerprint density at radius 2 is 1.93 bits per heavy atom. The fourth-order valence-corrected chi connectivity index (χ4v) is 2.50. The van der Waals surface area contributed by atoms with Gasteiger partial charge in [-0.2, -0.15) is 5.26 Å². The van der Waals surface area contributed by atoms with Crippen molar-refractivity contribution < 1.29 is 14.7 Å². The van der Waals surface area contributed by atoms with Crippen LogP contribution >= 0.6 is 0 Å². The van der Waals surface area contributed by atoms with E-state index in [9.17, 15) is 14.7 Å². The first-order valence-electron chi connectivity index (χ1n) is 8.42. The summed E-state index contributed by atoms with van der Waals surface area (Å²) in [7, 11) is 0. The fourth-order valence-electron chi connectivity index (χ4n) is 2.50. The molecular weight excluding hydrogens is 342 g/mol. The van der Waals surface area contributed by atoms with E-state index in [1.54, 1.807) is 29.2 Å². The molecule has 0 radical (unpaired) electrons. The van der Waals surface area contributed by atoms with Crippen LogP contribution in [0.2, 0.25) is 0 Å². The lowest BCUT2D eigenvalue weighted by Crippen LogP contribution is -2.36. The van der Waals surface area contributed by atoms with Crippen LogP contribution < -0.4 is 5.32 Å². The van der Waals surface area contributed by atoms with Crippen molar-refractivity contribution in [3.63, 3.8) is 0 Å². The lowest BCUT2D eigenvalue weighted by molar-refractivity contribution is -0.111. The smallest absolute Gasteiger partial charge is 0.258 e. The van der Waals surface area contributed by atoms with E-state index in [1.165, 1.54) is 18.2 Å². The molecule has 2 rings (SSSR count). The maximum absolute atomic E-state index is 13.0. The largest absolute Gasteiger partial charge is 0.507 e. The van der Waals surface area contributed by atoms with Gasteiger partial charge in [0, 0.05) is 18.3 Å². The first-order valence-corrected chi connectivity index (χ1v) is 8.42. The lowest BCUT2D eigenvalue weighted by atomic mass is 10.1. The monoisotopic (exact) mass is 363 g/mol. The molecule has 0 aromatic heterocycles. The molecule has 2 amide bonds. The minimum Gasteiger partial charge on any atom is -0.507 e. The summed E-state index contributed by atoms with van der Waals surface area (Å²) in [5, 5.41) is 21.6. The SMILES string of the molecule is C=CC(=O)Nc1ccc(O)c(C(=O)N(Cc2ccc(C#N)cc2)C(C)C)c1. The standard InChI is InChI=1S/C21H21N3O3/c1-4-20(26)23-17-9-10-19(25)18(11-17)21(27)24(14(2)3)13-16-7-5-15(12-22)6-8-16/h4-11,14,25H,1,13H2,2-3H3,(H,23,26). The first kappa shape index (κ1) is 19.7. The predicted octanol–water partition coefficient (Wildman–Crippen LogP) is 3.44. The zero-order chi connectivity index (χ0) is 20.0. The van der Waals surface area contributed by atoms with Crippen LogP contribution in [-0.2, 0) is 11.3 Å². The van der Waals surface area contributed by atoms with E-state index in [0.717, 1.165) is 11.6 Å². The average Bonchev–Trinajstić information content (AvgIpc) is 2.67. The van der Waals surface area contributed by atoms with Gasteiger partial charge in [-0.3, -0.25) is 9.59 Å². The molecule has 0 spiro atoms. The molecule has 0 heterocycles. The van der Waals surface area contributed by atoms with Crippen LogP contribution in [0.1, 0.15) is 35.3 Å². The van der Waals surface area contributed by atoms with Gasteiger partial charge >= 0.3 is 0 Å². The number of nitrogens with one attached hydrogen (secondary N) is 1. The molecule has 0 fully saturated rings. The molecule has 2 aromatic rings. The van der Waals surface area contributed by atoms with Crippen LogP contribution in [0.5, 0.6) is 5.75 Å². The summed E-state index contributed by atoms with van der Waals surface area (Å²) >= 11 is 0. The Kier molecular flexibility index (Phi) is 6.34. The second kappa shape index (κ2) is 8.68. The number of benzene rings is 2. The molecule has 0 unspecified atom stereocenters. The average molecular weight is 363 g/mol. The zero-order valence-corrected chi connectivity index (χ0v) is 15.3. The molecule has 27 heavy (non-hydrogen) atoms. The number of aromatic hydroxyl groups is 1. The van der Waals surface area contributed by atoms with E-state index in [2.05, 4.69) is 18.0 Å². The summed E-state index contributed by atoms with van der Waals surface area (Å²) in [6, 6.07) is 13.2. The number of anilines is 1. The molecule has 0 atom stereocenters. The highest BCUT2D eigenvalue weighted by molar-refractivity contribution is 6.02. The minimum atomic E-state index is -0.405. The Labute approximate surface area is 158 Å². The van der Waals surface area contributed by atoms with Gasteiger partial charge in [-0.05, 0) is 55.8 Å². The summed E-state index contributed by atoms with van der Waals surface area (Å²) in [4.78, 5) is 26.1. The molecule has 6 heteroatoms. The lowest BCUT2D eigenvalue weighted by Gasteiger charge is -2.27. The molecular formula is C21H21N3O3. The number of hydrogen-bond donors (Lipinski definition) is 2. The second-order valence-electron chi connectivity index (χ2n) is 6.26. The van der Waals surface area contributed by atoms with Crippen molar-refractivity contribution in [3.8, 4) is 11.8 Å². The van der Waals surface area contributed by atoms with Crippen molar-refractivity contribution in [2.75, 3.05) is 5.32 Å². The summed E-state index contributed by atoms with van der Waals surface area (Å²) in [5.41, 5.74) is 1.90. The molecule has 2 aromatic carbocycles. The van der Waals surface area contributed by atoms with Crippen molar-refractivity contribution >= 4 is 17.5 Å². The Balaban J connectivity index is 2.30. The van der Waals surface area contributed by atoms with E-state index >= 15 is 0 Å². The van der Waals surface area contributed by atoms with E-state index in [1.807, 2.05) is 13.8 Å². The molecule has 0 aliphatic heterocycles. The Hall–Kier alpha value is -3.59. The number of amides is 2. The van der Waals surface area contributed by atoms with Crippen molar-refractivity contribution in [2.45, 2.75) is 26.4 Å². The topological polar surface area (TPSA) is 93.4 Å². The molecule has 0 saturated heterocycles. The molecule has 0 aliphatic rings. The number of phenols is 1. The molecule has 0 aliphatic carbocycles. The number of phenolic OH excluding ortho intramolecular Hbond substituents is 1. The van der Waals surface area contributed by atoms with Crippen LogP contribution in [0, 0.1) is 11.3 Å². The number of carbonyl (C=O) groups excluding carboxylic acids is 2. The third kappa shape index (κ3) is 4.95. The summed E-state index contributed by atoms with van der Waals surface area (Å²) in [6.07, 6.45) is 1.12. The summed E-state index contributed by atoms with van der Waals surface area (Å²) < 4.78 is 0. The third-order valence-corrected chi connectivity index (χ3v) is 4.00. The highest BCUT2D eigenvalue weighted by atomic mass is 16.3. The molecule has 0 saturated carbocycles. The van der Waals surface area contributed by atoms with Gasteiger partial charge in [-0.25, -0.2) is 0 Å². The van der Waals surface area contributed by atoms with Crippen LogP contribution in [0.3, 0.4) is 0 Å². The normalized spacial score (nSPS) is 10.1. The maximum atomic E-state index is 13.0. The van der Waals surface area contributed by atoms with Gasteiger partial charge in [0.1, 0.15) is 5.75 Å². The van der Waals surface area contributed by atoms with Gasteiger partial charge in [0.2, 0.25) is 5.91 Å². The van der Waals surface area contributed by atoms with E-state index < -0.39 is 5.91 Å². The van der Waals surface area contributed by atoms with Crippen LogP contribution in [0.15, 0.2) is 55.1 Å². The van der Waals surface area contributed by atoms with Crippen LogP contribution in [0.4, 0.5) is 5.69 Å². The van der Waals surface area contributed by atoms with Gasteiger partial charge in [-0.1, -0.05) is 18.7 Å². The highest BCUT2D eigenvalue weighted by Crippen LogP contribution is 2.25. The van der Waals surface area contributed by atoms with Crippen molar-refractivity contribution in [3.05, 3.63) is 71.8 Å². The number of carbonyl (C=O) groups is 2.